The summed E-state index contributed by atoms with van der Waals surface area (Å²) in [6, 6.07) is 20.7. The maximum atomic E-state index is 13.4. The van der Waals surface area contributed by atoms with Gasteiger partial charge >= 0.3 is 6.03 Å². The lowest BCUT2D eigenvalue weighted by molar-refractivity contribution is 0.126. The highest BCUT2D eigenvalue weighted by atomic mass is 35.5. The van der Waals surface area contributed by atoms with E-state index in [2.05, 4.69) is 22.3 Å². The Morgan fingerprint density at radius 3 is 2.03 bits per heavy atom. The van der Waals surface area contributed by atoms with E-state index in [1.807, 2.05) is 42.5 Å². The first kappa shape index (κ1) is 21.3. The average Bonchev–Trinajstić information content (AvgIpc) is 2.76. The summed E-state index contributed by atoms with van der Waals surface area (Å²) in [5.74, 6) is -1.46. The normalized spacial score (nSPS) is 15.5. The third-order valence-corrected chi connectivity index (χ3v) is 5.63. The van der Waals surface area contributed by atoms with Gasteiger partial charge in [-0.15, -0.1) is 0 Å². The second kappa shape index (κ2) is 9.45. The largest absolute Gasteiger partial charge is 0.322 e. The number of piperazine rings is 1. The predicted octanol–water partition coefficient (Wildman–Crippen LogP) is 5.56. The van der Waals surface area contributed by atoms with Gasteiger partial charge in [0.25, 0.3) is 0 Å². The summed E-state index contributed by atoms with van der Waals surface area (Å²) in [6.45, 7) is 2.32. The van der Waals surface area contributed by atoms with Crippen LogP contribution in [0.5, 0.6) is 0 Å². The van der Waals surface area contributed by atoms with Crippen LogP contribution in [0.4, 0.5) is 19.3 Å². The van der Waals surface area contributed by atoms with E-state index in [0.29, 0.717) is 31.2 Å². The Hall–Kier alpha value is -2.96. The summed E-state index contributed by atoms with van der Waals surface area (Å²) in [7, 11) is 0. The number of carbonyl (C=O) groups is 1. The van der Waals surface area contributed by atoms with E-state index < -0.39 is 11.6 Å². The summed E-state index contributed by atoms with van der Waals surface area (Å²) in [5.41, 5.74) is 2.40. The van der Waals surface area contributed by atoms with Gasteiger partial charge < -0.3 is 10.2 Å². The van der Waals surface area contributed by atoms with Gasteiger partial charge in [-0.25, -0.2) is 13.6 Å². The number of urea groups is 1. The van der Waals surface area contributed by atoms with E-state index in [9.17, 15) is 13.6 Å². The van der Waals surface area contributed by atoms with Gasteiger partial charge in [-0.3, -0.25) is 4.90 Å². The van der Waals surface area contributed by atoms with Crippen molar-refractivity contribution >= 4 is 23.3 Å². The lowest BCUT2D eigenvalue weighted by Gasteiger charge is -2.39. The number of halogens is 3. The summed E-state index contributed by atoms with van der Waals surface area (Å²) in [4.78, 5) is 16.6. The van der Waals surface area contributed by atoms with Crippen molar-refractivity contribution in [1.82, 2.24) is 9.80 Å². The lowest BCUT2D eigenvalue weighted by Crippen LogP contribution is -2.51. The quantitative estimate of drug-likeness (QED) is 0.575. The first-order chi connectivity index (χ1) is 15.0. The molecule has 0 radical (unpaired) electrons. The molecule has 0 spiro atoms. The lowest BCUT2D eigenvalue weighted by atomic mass is 9.96. The van der Waals surface area contributed by atoms with E-state index in [1.54, 1.807) is 4.90 Å². The zero-order chi connectivity index (χ0) is 21.8. The Balaban J connectivity index is 1.46. The molecule has 0 aliphatic carbocycles. The predicted molar refractivity (Wildman–Crippen MR) is 118 cm³/mol. The van der Waals surface area contributed by atoms with Crippen molar-refractivity contribution in [3.05, 3.63) is 101 Å². The molecule has 1 unspecified atom stereocenters. The average molecular weight is 442 g/mol. The molecule has 0 aromatic heterocycles. The minimum Gasteiger partial charge on any atom is -0.322 e. The second-order valence-corrected chi connectivity index (χ2v) is 7.91. The van der Waals surface area contributed by atoms with Gasteiger partial charge in [-0.2, -0.15) is 0 Å². The van der Waals surface area contributed by atoms with Crippen molar-refractivity contribution in [3.8, 4) is 0 Å². The molecule has 1 aliphatic rings. The first-order valence-electron chi connectivity index (χ1n) is 10.1. The summed E-state index contributed by atoms with van der Waals surface area (Å²) >= 11 is 6.08. The number of nitrogens with one attached hydrogen (secondary N) is 1. The van der Waals surface area contributed by atoms with Gasteiger partial charge in [-0.05, 0) is 35.4 Å². The fraction of sp³-hybridized carbons (Fsp3) is 0.208. The number of rotatable bonds is 4. The SMILES string of the molecule is O=C(Nc1cc(F)cc(F)c1)N1CCN(C(c2ccccc2)c2ccc(Cl)cc2)CC1. The molecule has 4 nitrogen and oxygen atoms in total. The van der Waals surface area contributed by atoms with Crippen LogP contribution < -0.4 is 5.32 Å². The molecule has 1 N–H and O–H groups in total. The summed E-state index contributed by atoms with van der Waals surface area (Å²) in [5, 5.41) is 3.27. The van der Waals surface area contributed by atoms with Crippen molar-refractivity contribution in [2.24, 2.45) is 0 Å². The molecule has 1 fully saturated rings. The van der Waals surface area contributed by atoms with Crippen LogP contribution in [0, 0.1) is 11.6 Å². The minimum absolute atomic E-state index is 0.0426. The molecule has 7 heteroatoms. The Kier molecular flexibility index (Phi) is 6.49. The molecule has 1 saturated heterocycles. The molecule has 1 atom stereocenters. The van der Waals surface area contributed by atoms with Crippen LogP contribution in [0.1, 0.15) is 17.2 Å². The second-order valence-electron chi connectivity index (χ2n) is 7.48. The topological polar surface area (TPSA) is 35.6 Å². The number of hydrogen-bond acceptors (Lipinski definition) is 2. The zero-order valence-electron chi connectivity index (χ0n) is 16.8. The fourth-order valence-electron chi connectivity index (χ4n) is 3.91. The van der Waals surface area contributed by atoms with Gasteiger partial charge in [0.15, 0.2) is 0 Å². The minimum atomic E-state index is -0.728. The van der Waals surface area contributed by atoms with Gasteiger partial charge in [0.05, 0.1) is 6.04 Å². The highest BCUT2D eigenvalue weighted by Gasteiger charge is 2.28. The molecular formula is C24H22ClF2N3O. The number of anilines is 1. The van der Waals surface area contributed by atoms with E-state index in [1.165, 1.54) is 0 Å². The molecule has 3 aromatic rings. The molecule has 1 heterocycles. The molecule has 160 valence electrons. The van der Waals surface area contributed by atoms with Crippen molar-refractivity contribution in [3.63, 3.8) is 0 Å². The molecule has 2 amide bonds. The summed E-state index contributed by atoms with van der Waals surface area (Å²) < 4.78 is 26.8. The van der Waals surface area contributed by atoms with Gasteiger partial charge in [0.2, 0.25) is 0 Å². The van der Waals surface area contributed by atoms with E-state index in [0.717, 1.165) is 29.3 Å². The van der Waals surface area contributed by atoms with Crippen molar-refractivity contribution in [2.75, 3.05) is 31.5 Å². The molecule has 4 rings (SSSR count). The van der Waals surface area contributed by atoms with Crippen molar-refractivity contribution < 1.29 is 13.6 Å². The Bertz CT molecular complexity index is 1020. The number of hydrogen-bond donors (Lipinski definition) is 1. The standard InChI is InChI=1S/C24H22ClF2N3O/c25-19-8-6-18(7-9-19)23(17-4-2-1-3-5-17)29-10-12-30(13-11-29)24(31)28-22-15-20(26)14-21(27)16-22/h1-9,14-16,23H,10-13H2,(H,28,31). The third kappa shape index (κ3) is 5.21. The summed E-state index contributed by atoms with van der Waals surface area (Å²) in [6.07, 6.45) is 0. The molecular weight excluding hydrogens is 420 g/mol. The third-order valence-electron chi connectivity index (χ3n) is 5.38. The van der Waals surface area contributed by atoms with Crippen LogP contribution in [-0.4, -0.2) is 42.0 Å². The van der Waals surface area contributed by atoms with Crippen LogP contribution in [0.25, 0.3) is 0 Å². The van der Waals surface area contributed by atoms with E-state index in [-0.39, 0.29) is 17.8 Å². The van der Waals surface area contributed by atoms with E-state index in [4.69, 9.17) is 11.6 Å². The zero-order valence-corrected chi connectivity index (χ0v) is 17.5. The maximum Gasteiger partial charge on any atom is 0.321 e. The smallest absolute Gasteiger partial charge is 0.321 e. The molecule has 0 bridgehead atoms. The number of carbonyl (C=O) groups excluding carboxylic acids is 1. The Labute approximate surface area is 185 Å². The number of amides is 2. The number of nitrogens with zero attached hydrogens (tertiary/aromatic N) is 2. The number of benzene rings is 3. The van der Waals surface area contributed by atoms with Gasteiger partial charge in [-0.1, -0.05) is 54.1 Å². The van der Waals surface area contributed by atoms with Crippen LogP contribution in [0.2, 0.25) is 5.02 Å². The molecule has 1 aliphatic heterocycles. The van der Waals surface area contributed by atoms with Crippen LogP contribution in [0.3, 0.4) is 0 Å². The Morgan fingerprint density at radius 2 is 1.42 bits per heavy atom. The molecule has 31 heavy (non-hydrogen) atoms. The highest BCUT2D eigenvalue weighted by molar-refractivity contribution is 6.30. The van der Waals surface area contributed by atoms with Crippen molar-refractivity contribution in [2.45, 2.75) is 6.04 Å². The fourth-order valence-corrected chi connectivity index (χ4v) is 4.03. The van der Waals surface area contributed by atoms with Crippen LogP contribution in [-0.2, 0) is 0 Å². The highest BCUT2D eigenvalue weighted by Crippen LogP contribution is 2.30. The first-order valence-corrected chi connectivity index (χ1v) is 10.4. The Morgan fingerprint density at radius 1 is 0.839 bits per heavy atom. The van der Waals surface area contributed by atoms with E-state index >= 15 is 0 Å². The van der Waals surface area contributed by atoms with Crippen molar-refractivity contribution in [1.29, 1.82) is 0 Å². The van der Waals surface area contributed by atoms with Gasteiger partial charge in [0, 0.05) is 43.0 Å². The van der Waals surface area contributed by atoms with Crippen LogP contribution >= 0.6 is 11.6 Å². The monoisotopic (exact) mass is 441 g/mol. The van der Waals surface area contributed by atoms with Gasteiger partial charge in [0.1, 0.15) is 11.6 Å². The van der Waals surface area contributed by atoms with Crippen LogP contribution in [0.15, 0.2) is 72.8 Å². The molecule has 0 saturated carbocycles. The molecule has 3 aromatic carbocycles. The maximum absolute atomic E-state index is 13.4.